The van der Waals surface area contributed by atoms with Gasteiger partial charge in [0.1, 0.15) is 0 Å². The van der Waals surface area contributed by atoms with Gasteiger partial charge in [-0.1, -0.05) is 59.2 Å². The molecule has 0 unspecified atom stereocenters. The Bertz CT molecular complexity index is 1070. The Balaban J connectivity index is 2.12. The maximum absolute atomic E-state index is 13.4. The molecule has 28 heavy (non-hydrogen) atoms. The summed E-state index contributed by atoms with van der Waals surface area (Å²) in [6.07, 6.45) is 3.53. The van der Waals surface area contributed by atoms with Gasteiger partial charge in [-0.3, -0.25) is 0 Å². The van der Waals surface area contributed by atoms with E-state index in [2.05, 4.69) is 11.4 Å². The van der Waals surface area contributed by atoms with Gasteiger partial charge < -0.3 is 10.4 Å². The van der Waals surface area contributed by atoms with Crippen LogP contribution in [0.15, 0.2) is 67.0 Å². The van der Waals surface area contributed by atoms with Crippen LogP contribution in [0.1, 0.15) is 16.7 Å². The number of pyridine rings is 1. The molecule has 0 fully saturated rings. The molecule has 1 aromatic heterocycles. The summed E-state index contributed by atoms with van der Waals surface area (Å²) < 4.78 is 1.68. The van der Waals surface area contributed by atoms with Crippen molar-refractivity contribution < 1.29 is 9.67 Å². The van der Waals surface area contributed by atoms with Crippen LogP contribution in [0.4, 0.5) is 5.69 Å². The number of anilines is 1. The van der Waals surface area contributed by atoms with Gasteiger partial charge in [-0.15, -0.1) is 0 Å². The lowest BCUT2D eigenvalue weighted by atomic mass is 10.1. The van der Waals surface area contributed by atoms with E-state index in [0.717, 1.165) is 16.8 Å². The summed E-state index contributed by atoms with van der Waals surface area (Å²) in [6.45, 7) is 4.01. The first-order chi connectivity index (χ1) is 13.4. The van der Waals surface area contributed by atoms with Gasteiger partial charge in [0.2, 0.25) is 5.70 Å². The second-order valence-electron chi connectivity index (χ2n) is 6.36. The molecule has 0 aliphatic carbocycles. The fraction of sp³-hybridized carbons (Fsp3) is 0.0909. The zero-order chi connectivity index (χ0) is 20.3. The summed E-state index contributed by atoms with van der Waals surface area (Å²) >= 11 is 18.0. The van der Waals surface area contributed by atoms with Gasteiger partial charge in [-0.05, 0) is 55.0 Å². The number of halogens is 2. The van der Waals surface area contributed by atoms with E-state index in [1.54, 1.807) is 35.2 Å². The average molecular weight is 429 g/mol. The van der Waals surface area contributed by atoms with E-state index in [1.165, 1.54) is 0 Å². The van der Waals surface area contributed by atoms with Gasteiger partial charge in [0.25, 0.3) is 0 Å². The van der Waals surface area contributed by atoms with Crippen molar-refractivity contribution in [2.24, 2.45) is 0 Å². The third kappa shape index (κ3) is 4.53. The van der Waals surface area contributed by atoms with E-state index < -0.39 is 0 Å². The van der Waals surface area contributed by atoms with E-state index in [-0.39, 0.29) is 5.76 Å². The molecule has 0 spiro atoms. The predicted octanol–water partition coefficient (Wildman–Crippen LogP) is 5.02. The van der Waals surface area contributed by atoms with Crippen molar-refractivity contribution in [3.63, 3.8) is 0 Å². The molecule has 3 aromatic rings. The summed E-state index contributed by atoms with van der Waals surface area (Å²) in [4.78, 5) is 0.296. The highest BCUT2D eigenvalue weighted by atomic mass is 35.5. The molecule has 1 heterocycles. The van der Waals surface area contributed by atoms with Crippen molar-refractivity contribution in [2.75, 3.05) is 5.32 Å². The van der Waals surface area contributed by atoms with Crippen LogP contribution in [0.25, 0.3) is 11.5 Å². The van der Waals surface area contributed by atoms with Gasteiger partial charge in [-0.2, -0.15) is 4.57 Å². The lowest BCUT2D eigenvalue weighted by Crippen LogP contribution is -2.39. The minimum atomic E-state index is -0.314. The molecule has 6 heteroatoms. The highest BCUT2D eigenvalue weighted by molar-refractivity contribution is 7.81. The predicted molar refractivity (Wildman–Crippen MR) is 118 cm³/mol. The molecule has 2 aromatic carbocycles. The Labute approximate surface area is 179 Å². The molecule has 0 amide bonds. The number of nitrogens with one attached hydrogen (secondary N) is 1. The molecular weight excluding hydrogens is 411 g/mol. The summed E-state index contributed by atoms with van der Waals surface area (Å²) in [6, 6.07) is 16.3. The summed E-state index contributed by atoms with van der Waals surface area (Å²) in [5.74, 6) is -0.314. The van der Waals surface area contributed by atoms with Crippen LogP contribution in [-0.2, 0) is 0 Å². The molecule has 0 aliphatic rings. The van der Waals surface area contributed by atoms with Crippen LogP contribution in [0, 0.1) is 13.8 Å². The second-order valence-corrected chi connectivity index (χ2v) is 7.61. The van der Waals surface area contributed by atoms with Crippen LogP contribution in [0.3, 0.4) is 0 Å². The molecule has 3 rings (SSSR count). The molecule has 3 nitrogen and oxygen atoms in total. The topological polar surface area (TPSA) is 39.0 Å². The smallest absolute Gasteiger partial charge is 0.238 e. The number of hydrogen-bond donors (Lipinski definition) is 1. The fourth-order valence-corrected chi connectivity index (χ4v) is 3.50. The molecule has 0 saturated carbocycles. The number of benzene rings is 2. The van der Waals surface area contributed by atoms with Gasteiger partial charge in [0.05, 0.1) is 0 Å². The number of rotatable bonds is 4. The van der Waals surface area contributed by atoms with E-state index >= 15 is 0 Å². The Morgan fingerprint density at radius 1 is 1.00 bits per heavy atom. The van der Waals surface area contributed by atoms with Crippen LogP contribution in [-0.4, -0.2) is 4.99 Å². The number of nitrogens with zero attached hydrogens (tertiary/aromatic N) is 1. The van der Waals surface area contributed by atoms with Gasteiger partial charge in [0.15, 0.2) is 17.4 Å². The van der Waals surface area contributed by atoms with Crippen LogP contribution in [0.5, 0.6) is 0 Å². The molecule has 142 valence electrons. The highest BCUT2D eigenvalue weighted by Gasteiger charge is 2.20. The number of thiocarbonyl (C=S) groups is 1. The highest BCUT2D eigenvalue weighted by Crippen LogP contribution is 2.27. The minimum absolute atomic E-state index is 0.291. The molecule has 0 radical (unpaired) electrons. The van der Waals surface area contributed by atoms with Crippen molar-refractivity contribution in [1.29, 1.82) is 0 Å². The summed E-state index contributed by atoms with van der Waals surface area (Å²) in [5, 5.41) is 17.3. The lowest BCUT2D eigenvalue weighted by molar-refractivity contribution is -0.577. The van der Waals surface area contributed by atoms with E-state index in [1.807, 2.05) is 44.2 Å². The van der Waals surface area contributed by atoms with Crippen LogP contribution in [0.2, 0.25) is 10.0 Å². The van der Waals surface area contributed by atoms with Crippen molar-refractivity contribution in [2.45, 2.75) is 13.8 Å². The Hall–Kier alpha value is -2.40. The molecule has 0 saturated heterocycles. The fourth-order valence-electron chi connectivity index (χ4n) is 2.82. The molecular formula is C22H18Cl2N2OS. The Morgan fingerprint density at radius 3 is 2.39 bits per heavy atom. The third-order valence-corrected chi connectivity index (χ3v) is 5.07. The SMILES string of the molecule is Cc1ccc(NC(=S)/C(=C(\[O-])c2cc(Cl)ccc2Cl)[n+]2ccccc2)c(C)c1. The van der Waals surface area contributed by atoms with Crippen molar-refractivity contribution in [3.8, 4) is 0 Å². The van der Waals surface area contributed by atoms with Crippen molar-refractivity contribution in [3.05, 3.63) is 93.7 Å². The van der Waals surface area contributed by atoms with E-state index in [9.17, 15) is 5.11 Å². The Kier molecular flexibility index (Phi) is 6.35. The first-order valence-electron chi connectivity index (χ1n) is 8.59. The van der Waals surface area contributed by atoms with Gasteiger partial charge in [-0.25, -0.2) is 0 Å². The zero-order valence-electron chi connectivity index (χ0n) is 15.4. The van der Waals surface area contributed by atoms with E-state index in [4.69, 9.17) is 35.4 Å². The summed E-state index contributed by atoms with van der Waals surface area (Å²) in [5.41, 5.74) is 3.62. The lowest BCUT2D eigenvalue weighted by Gasteiger charge is -2.18. The monoisotopic (exact) mass is 428 g/mol. The second kappa shape index (κ2) is 8.74. The van der Waals surface area contributed by atoms with Gasteiger partial charge >= 0.3 is 0 Å². The first-order valence-corrected chi connectivity index (χ1v) is 9.75. The van der Waals surface area contributed by atoms with Crippen molar-refractivity contribution in [1.82, 2.24) is 0 Å². The van der Waals surface area contributed by atoms with Crippen molar-refractivity contribution >= 4 is 57.6 Å². The zero-order valence-corrected chi connectivity index (χ0v) is 17.7. The average Bonchev–Trinajstić information content (AvgIpc) is 2.67. The van der Waals surface area contributed by atoms with Crippen LogP contribution >= 0.6 is 35.4 Å². The molecule has 0 atom stereocenters. The largest absolute Gasteiger partial charge is 0.867 e. The maximum atomic E-state index is 13.4. The Morgan fingerprint density at radius 2 is 1.71 bits per heavy atom. The van der Waals surface area contributed by atoms with E-state index in [0.29, 0.717) is 26.3 Å². The molecule has 0 aliphatic heterocycles. The standard InChI is InChI=1S/C22H18Cl2N2OS/c1-14-6-9-19(15(2)12-14)25-22(28)20(26-10-4-3-5-11-26)21(27)17-13-16(23)7-8-18(17)24/h3-13H,1-2H3,(H-,25,27,28). The first kappa shape index (κ1) is 20.3. The number of hydrogen-bond acceptors (Lipinski definition) is 2. The molecule has 1 N–H and O–H groups in total. The van der Waals surface area contributed by atoms with Gasteiger partial charge in [0, 0.05) is 27.9 Å². The normalized spacial score (nSPS) is 11.7. The maximum Gasteiger partial charge on any atom is 0.238 e. The summed E-state index contributed by atoms with van der Waals surface area (Å²) in [7, 11) is 0. The quantitative estimate of drug-likeness (QED) is 0.274. The van der Waals surface area contributed by atoms with Crippen LogP contribution < -0.4 is 15.0 Å². The number of aryl methyl sites for hydroxylation is 2. The third-order valence-electron chi connectivity index (χ3n) is 4.21. The molecule has 0 bridgehead atoms. The minimum Gasteiger partial charge on any atom is -0.867 e. The number of aromatic nitrogens is 1.